The van der Waals surface area contributed by atoms with E-state index in [0.29, 0.717) is 12.0 Å². The second-order valence-electron chi connectivity index (χ2n) is 6.12. The molecule has 0 saturated heterocycles. The summed E-state index contributed by atoms with van der Waals surface area (Å²) in [5.41, 5.74) is 1.08. The summed E-state index contributed by atoms with van der Waals surface area (Å²) in [7, 11) is 1.79. The van der Waals surface area contributed by atoms with Gasteiger partial charge in [0.05, 0.1) is 5.69 Å². The standard InChI is InChI=1S/C16H25N3O/c1-20-15(12-5-3-2-4-6-12)16-17-10-9-14(19-16)11-18-13-7-8-13/h9-10,12-13,15,18H,2-8,11H2,1H3. The highest BCUT2D eigenvalue weighted by Crippen LogP contribution is 2.35. The summed E-state index contributed by atoms with van der Waals surface area (Å²) in [6.07, 6.45) is 11.0. The smallest absolute Gasteiger partial charge is 0.157 e. The van der Waals surface area contributed by atoms with Crippen LogP contribution in [0.15, 0.2) is 12.3 Å². The van der Waals surface area contributed by atoms with Crippen molar-refractivity contribution in [2.75, 3.05) is 7.11 Å². The highest BCUT2D eigenvalue weighted by molar-refractivity contribution is 5.06. The van der Waals surface area contributed by atoms with Crippen molar-refractivity contribution in [2.45, 2.75) is 63.6 Å². The molecule has 0 amide bonds. The monoisotopic (exact) mass is 275 g/mol. The molecule has 0 aromatic carbocycles. The summed E-state index contributed by atoms with van der Waals surface area (Å²) in [6.45, 7) is 0.848. The number of methoxy groups -OCH3 is 1. The van der Waals surface area contributed by atoms with Crippen LogP contribution >= 0.6 is 0 Å². The van der Waals surface area contributed by atoms with Gasteiger partial charge < -0.3 is 10.1 Å². The Balaban J connectivity index is 1.67. The first kappa shape index (κ1) is 14.0. The van der Waals surface area contributed by atoms with Gasteiger partial charge in [-0.25, -0.2) is 9.97 Å². The largest absolute Gasteiger partial charge is 0.373 e. The summed E-state index contributed by atoms with van der Waals surface area (Å²) >= 11 is 0. The van der Waals surface area contributed by atoms with E-state index in [0.717, 1.165) is 18.1 Å². The molecule has 3 rings (SSSR count). The summed E-state index contributed by atoms with van der Waals surface area (Å²) in [5.74, 6) is 1.45. The predicted molar refractivity (Wildman–Crippen MR) is 78.2 cm³/mol. The van der Waals surface area contributed by atoms with Crippen LogP contribution in [0.3, 0.4) is 0 Å². The first-order valence-corrected chi connectivity index (χ1v) is 7.95. The number of hydrogen-bond acceptors (Lipinski definition) is 4. The average molecular weight is 275 g/mol. The average Bonchev–Trinajstić information content (AvgIpc) is 3.32. The molecular weight excluding hydrogens is 250 g/mol. The minimum absolute atomic E-state index is 0.0659. The summed E-state index contributed by atoms with van der Waals surface area (Å²) in [6, 6.07) is 2.72. The molecule has 2 saturated carbocycles. The number of hydrogen-bond donors (Lipinski definition) is 1. The summed E-state index contributed by atoms with van der Waals surface area (Å²) in [4.78, 5) is 9.18. The molecular formula is C16H25N3O. The van der Waals surface area contributed by atoms with Crippen LogP contribution in [0.1, 0.15) is 62.6 Å². The zero-order valence-electron chi connectivity index (χ0n) is 12.3. The molecule has 4 nitrogen and oxygen atoms in total. The SMILES string of the molecule is COC(c1nccc(CNC2CC2)n1)C1CCCCC1. The zero-order chi connectivity index (χ0) is 13.8. The van der Waals surface area contributed by atoms with Crippen LogP contribution in [0.5, 0.6) is 0 Å². The van der Waals surface area contributed by atoms with E-state index >= 15 is 0 Å². The summed E-state index contributed by atoms with van der Waals surface area (Å²) in [5, 5.41) is 3.51. The van der Waals surface area contributed by atoms with E-state index < -0.39 is 0 Å². The highest BCUT2D eigenvalue weighted by atomic mass is 16.5. The third kappa shape index (κ3) is 3.55. The Morgan fingerprint density at radius 2 is 2.05 bits per heavy atom. The molecule has 0 aliphatic heterocycles. The number of aromatic nitrogens is 2. The van der Waals surface area contributed by atoms with Crippen LogP contribution in [0.4, 0.5) is 0 Å². The second kappa shape index (κ2) is 6.64. The Kier molecular flexibility index (Phi) is 4.63. The molecule has 1 heterocycles. The van der Waals surface area contributed by atoms with Crippen molar-refractivity contribution in [2.24, 2.45) is 5.92 Å². The van der Waals surface area contributed by atoms with Crippen molar-refractivity contribution >= 4 is 0 Å². The van der Waals surface area contributed by atoms with Crippen molar-refractivity contribution < 1.29 is 4.74 Å². The fraction of sp³-hybridized carbons (Fsp3) is 0.750. The number of nitrogens with zero attached hydrogens (tertiary/aromatic N) is 2. The second-order valence-corrected chi connectivity index (χ2v) is 6.12. The maximum atomic E-state index is 5.72. The van der Waals surface area contributed by atoms with Crippen LogP contribution in [0, 0.1) is 5.92 Å². The molecule has 1 N–H and O–H groups in total. The van der Waals surface area contributed by atoms with Gasteiger partial charge in [-0.15, -0.1) is 0 Å². The van der Waals surface area contributed by atoms with Crippen LogP contribution in [0.2, 0.25) is 0 Å². The molecule has 2 aliphatic rings. The van der Waals surface area contributed by atoms with E-state index in [-0.39, 0.29) is 6.10 Å². The van der Waals surface area contributed by atoms with Crippen LogP contribution < -0.4 is 5.32 Å². The lowest BCUT2D eigenvalue weighted by molar-refractivity contribution is 0.0287. The van der Waals surface area contributed by atoms with Crippen molar-refractivity contribution in [1.82, 2.24) is 15.3 Å². The highest BCUT2D eigenvalue weighted by Gasteiger charge is 2.27. The lowest BCUT2D eigenvalue weighted by Gasteiger charge is -2.28. The quantitative estimate of drug-likeness (QED) is 0.867. The van der Waals surface area contributed by atoms with Crippen molar-refractivity contribution in [1.29, 1.82) is 0 Å². The number of rotatable bonds is 6. The molecule has 1 unspecified atom stereocenters. The molecule has 110 valence electrons. The van der Waals surface area contributed by atoms with E-state index in [4.69, 9.17) is 9.72 Å². The molecule has 0 radical (unpaired) electrons. The topological polar surface area (TPSA) is 47.0 Å². The summed E-state index contributed by atoms with van der Waals surface area (Å²) < 4.78 is 5.72. The van der Waals surface area contributed by atoms with E-state index in [1.54, 1.807) is 7.11 Å². The lowest BCUT2D eigenvalue weighted by Crippen LogP contribution is -2.22. The van der Waals surface area contributed by atoms with E-state index in [2.05, 4.69) is 10.3 Å². The van der Waals surface area contributed by atoms with Gasteiger partial charge in [0, 0.05) is 25.9 Å². The van der Waals surface area contributed by atoms with Crippen molar-refractivity contribution in [3.8, 4) is 0 Å². The van der Waals surface area contributed by atoms with Gasteiger partial charge in [0.25, 0.3) is 0 Å². The molecule has 4 heteroatoms. The lowest BCUT2D eigenvalue weighted by atomic mass is 9.85. The van der Waals surface area contributed by atoms with Crippen molar-refractivity contribution in [3.05, 3.63) is 23.8 Å². The molecule has 2 aliphatic carbocycles. The van der Waals surface area contributed by atoms with Gasteiger partial charge in [-0.1, -0.05) is 19.3 Å². The minimum atomic E-state index is 0.0659. The Bertz CT molecular complexity index is 427. The Morgan fingerprint density at radius 3 is 2.75 bits per heavy atom. The fourth-order valence-electron chi connectivity index (χ4n) is 3.13. The van der Waals surface area contributed by atoms with Gasteiger partial charge in [-0.2, -0.15) is 0 Å². The Labute approximate surface area is 121 Å². The third-order valence-corrected chi connectivity index (χ3v) is 4.47. The van der Waals surface area contributed by atoms with Gasteiger partial charge in [0.1, 0.15) is 6.10 Å². The molecule has 1 aromatic heterocycles. The molecule has 20 heavy (non-hydrogen) atoms. The molecule has 2 fully saturated rings. The van der Waals surface area contributed by atoms with E-state index in [1.165, 1.54) is 44.9 Å². The van der Waals surface area contributed by atoms with E-state index in [1.807, 2.05) is 12.3 Å². The van der Waals surface area contributed by atoms with Gasteiger partial charge >= 0.3 is 0 Å². The molecule has 0 bridgehead atoms. The minimum Gasteiger partial charge on any atom is -0.373 e. The zero-order valence-corrected chi connectivity index (χ0v) is 12.3. The van der Waals surface area contributed by atoms with Crippen LogP contribution in [0.25, 0.3) is 0 Å². The molecule has 1 aromatic rings. The Morgan fingerprint density at radius 1 is 1.25 bits per heavy atom. The molecule has 1 atom stereocenters. The van der Waals surface area contributed by atoms with Gasteiger partial charge in [-0.3, -0.25) is 0 Å². The normalized spacial score (nSPS) is 21.9. The van der Waals surface area contributed by atoms with Crippen LogP contribution in [-0.2, 0) is 11.3 Å². The van der Waals surface area contributed by atoms with Gasteiger partial charge in [0.15, 0.2) is 5.82 Å². The Hall–Kier alpha value is -1.00. The first-order chi connectivity index (χ1) is 9.86. The predicted octanol–water partition coefficient (Wildman–Crippen LogP) is 3.00. The van der Waals surface area contributed by atoms with Gasteiger partial charge in [0.2, 0.25) is 0 Å². The van der Waals surface area contributed by atoms with E-state index in [9.17, 15) is 0 Å². The number of nitrogens with one attached hydrogen (secondary N) is 1. The van der Waals surface area contributed by atoms with Crippen LogP contribution in [-0.4, -0.2) is 23.1 Å². The third-order valence-electron chi connectivity index (χ3n) is 4.47. The molecule has 0 spiro atoms. The maximum absolute atomic E-state index is 5.72. The maximum Gasteiger partial charge on any atom is 0.157 e. The van der Waals surface area contributed by atoms with Gasteiger partial charge in [-0.05, 0) is 37.7 Å². The number of ether oxygens (including phenoxy) is 1. The first-order valence-electron chi connectivity index (χ1n) is 7.95. The fourth-order valence-corrected chi connectivity index (χ4v) is 3.13. The van der Waals surface area contributed by atoms with Crippen molar-refractivity contribution in [3.63, 3.8) is 0 Å².